The third-order valence-corrected chi connectivity index (χ3v) is 5.10. The zero-order chi connectivity index (χ0) is 15.3. The van der Waals surface area contributed by atoms with Gasteiger partial charge in [0, 0.05) is 12.6 Å². The van der Waals surface area contributed by atoms with Crippen LogP contribution in [0, 0.1) is 5.92 Å². The van der Waals surface area contributed by atoms with Crippen LogP contribution in [0.15, 0.2) is 29.2 Å². The van der Waals surface area contributed by atoms with Gasteiger partial charge in [-0.3, -0.25) is 0 Å². The molecule has 0 saturated heterocycles. The van der Waals surface area contributed by atoms with E-state index in [0.29, 0.717) is 16.5 Å². The molecule has 0 bridgehead atoms. The molecule has 0 heterocycles. The molecule has 1 N–H and O–H groups in total. The van der Waals surface area contributed by atoms with Gasteiger partial charge < -0.3 is 10.2 Å². The third-order valence-electron chi connectivity index (χ3n) is 3.31. The number of hydrogen-bond acceptors (Lipinski definition) is 4. The van der Waals surface area contributed by atoms with Gasteiger partial charge in [-0.2, -0.15) is 0 Å². The van der Waals surface area contributed by atoms with E-state index in [1.807, 2.05) is 26.2 Å². The molecule has 0 aliphatic rings. The molecule has 1 aromatic rings. The first kappa shape index (κ1) is 17.0. The number of hydrogen-bond donors (Lipinski definition) is 1. The van der Waals surface area contributed by atoms with E-state index < -0.39 is 9.84 Å². The van der Waals surface area contributed by atoms with Gasteiger partial charge in [-0.1, -0.05) is 32.9 Å². The normalized spacial score (nSPS) is 13.8. The van der Waals surface area contributed by atoms with Gasteiger partial charge in [0.25, 0.3) is 0 Å². The average molecular weight is 298 g/mol. The zero-order valence-electron chi connectivity index (χ0n) is 13.1. The second-order valence-electron chi connectivity index (χ2n) is 5.66. The van der Waals surface area contributed by atoms with Crippen LogP contribution in [0.5, 0.6) is 0 Å². The van der Waals surface area contributed by atoms with Crippen LogP contribution in [0.2, 0.25) is 0 Å². The maximum Gasteiger partial charge on any atom is 0.180 e. The summed E-state index contributed by atoms with van der Waals surface area (Å²) in [4.78, 5) is 2.50. The van der Waals surface area contributed by atoms with E-state index in [4.69, 9.17) is 0 Å². The zero-order valence-corrected chi connectivity index (χ0v) is 13.9. The molecular weight excluding hydrogens is 272 g/mol. The van der Waals surface area contributed by atoms with Gasteiger partial charge in [0.1, 0.15) is 0 Å². The highest BCUT2D eigenvalue weighted by Gasteiger charge is 2.20. The highest BCUT2D eigenvalue weighted by atomic mass is 32.2. The summed E-state index contributed by atoms with van der Waals surface area (Å²) in [6.45, 7) is 6.81. The molecule has 0 aliphatic heterocycles. The molecule has 5 heteroatoms. The molecule has 0 fully saturated rings. The van der Waals surface area contributed by atoms with E-state index in [1.165, 1.54) is 0 Å². The van der Waals surface area contributed by atoms with Gasteiger partial charge >= 0.3 is 0 Å². The van der Waals surface area contributed by atoms with Crippen molar-refractivity contribution in [2.75, 3.05) is 31.7 Å². The van der Waals surface area contributed by atoms with Crippen LogP contribution in [0.4, 0.5) is 5.69 Å². The molecule has 114 valence electrons. The van der Waals surface area contributed by atoms with E-state index in [2.05, 4.69) is 24.1 Å². The second-order valence-corrected chi connectivity index (χ2v) is 7.90. The van der Waals surface area contributed by atoms with Crippen LogP contribution in [0.1, 0.15) is 20.8 Å². The first-order valence-electron chi connectivity index (χ1n) is 7.01. The van der Waals surface area contributed by atoms with Gasteiger partial charge in [-0.05, 0) is 32.1 Å². The smallest absolute Gasteiger partial charge is 0.180 e. The summed E-state index contributed by atoms with van der Waals surface area (Å²) in [5.74, 6) is 0.529. The maximum absolute atomic E-state index is 12.1. The number of likely N-dealkylation sites (N-methyl/N-ethyl adjacent to an activating group) is 1. The molecule has 0 amide bonds. The molecule has 0 saturated carbocycles. The molecular formula is C15H26N2O2S. The topological polar surface area (TPSA) is 49.4 Å². The fraction of sp³-hybridized carbons (Fsp3) is 0.600. The summed E-state index contributed by atoms with van der Waals surface area (Å²) >= 11 is 0. The molecule has 0 aromatic heterocycles. The summed E-state index contributed by atoms with van der Waals surface area (Å²) in [7, 11) is 0.834. The van der Waals surface area contributed by atoms with Gasteiger partial charge in [-0.15, -0.1) is 0 Å². The van der Waals surface area contributed by atoms with E-state index >= 15 is 0 Å². The van der Waals surface area contributed by atoms with Crippen LogP contribution in [0.25, 0.3) is 0 Å². The van der Waals surface area contributed by atoms with Gasteiger partial charge in [-0.25, -0.2) is 8.42 Å². The third kappa shape index (κ3) is 4.49. The molecule has 1 aromatic carbocycles. The average Bonchev–Trinajstić information content (AvgIpc) is 2.37. The Hall–Kier alpha value is -1.07. The van der Waals surface area contributed by atoms with Gasteiger partial charge in [0.05, 0.1) is 16.3 Å². The highest BCUT2D eigenvalue weighted by Crippen LogP contribution is 2.24. The van der Waals surface area contributed by atoms with Crippen molar-refractivity contribution >= 4 is 15.5 Å². The van der Waals surface area contributed by atoms with Crippen LogP contribution in [-0.2, 0) is 9.84 Å². The summed E-state index contributed by atoms with van der Waals surface area (Å²) in [5.41, 5.74) is 0.704. The number of rotatable bonds is 7. The summed E-state index contributed by atoms with van der Waals surface area (Å²) in [5, 5.41) is 3.40. The first-order chi connectivity index (χ1) is 9.27. The Morgan fingerprint density at radius 2 is 1.80 bits per heavy atom. The lowest BCUT2D eigenvalue weighted by Gasteiger charge is -2.27. The number of para-hydroxylation sites is 1. The lowest BCUT2D eigenvalue weighted by Crippen LogP contribution is -2.36. The Kier molecular flexibility index (Phi) is 6.02. The molecule has 0 aliphatic carbocycles. The van der Waals surface area contributed by atoms with E-state index in [1.54, 1.807) is 19.1 Å². The fourth-order valence-corrected chi connectivity index (χ4v) is 3.09. The SMILES string of the molecule is CCS(=O)(=O)c1ccccc1NC(CN(C)C)C(C)C. The molecule has 0 radical (unpaired) electrons. The molecule has 4 nitrogen and oxygen atoms in total. The summed E-state index contributed by atoms with van der Waals surface area (Å²) in [6, 6.07) is 7.36. The predicted molar refractivity (Wildman–Crippen MR) is 85.0 cm³/mol. The van der Waals surface area contributed by atoms with Crippen molar-refractivity contribution in [3.05, 3.63) is 24.3 Å². The molecule has 0 spiro atoms. The lowest BCUT2D eigenvalue weighted by molar-refractivity contribution is 0.344. The fourth-order valence-electron chi connectivity index (χ4n) is 2.03. The monoisotopic (exact) mass is 298 g/mol. The van der Waals surface area contributed by atoms with Crippen molar-refractivity contribution in [3.63, 3.8) is 0 Å². The minimum Gasteiger partial charge on any atom is -0.380 e. The van der Waals surface area contributed by atoms with E-state index in [9.17, 15) is 8.42 Å². The Morgan fingerprint density at radius 1 is 1.20 bits per heavy atom. The van der Waals surface area contributed by atoms with Crippen LogP contribution in [0.3, 0.4) is 0 Å². The van der Waals surface area contributed by atoms with Crippen molar-refractivity contribution in [1.29, 1.82) is 0 Å². The van der Waals surface area contributed by atoms with Crippen molar-refractivity contribution in [1.82, 2.24) is 4.90 Å². The Bertz CT molecular complexity index is 524. The lowest BCUT2D eigenvalue weighted by atomic mass is 10.0. The van der Waals surface area contributed by atoms with Crippen LogP contribution in [-0.4, -0.2) is 45.8 Å². The van der Waals surface area contributed by atoms with E-state index in [0.717, 1.165) is 6.54 Å². The molecule has 1 rings (SSSR count). The number of benzene rings is 1. The van der Waals surface area contributed by atoms with Crippen molar-refractivity contribution in [2.45, 2.75) is 31.7 Å². The highest BCUT2D eigenvalue weighted by molar-refractivity contribution is 7.91. The predicted octanol–water partition coefficient (Wildman–Crippen LogP) is 2.48. The molecule has 1 unspecified atom stereocenters. The van der Waals surface area contributed by atoms with Crippen LogP contribution >= 0.6 is 0 Å². The van der Waals surface area contributed by atoms with Gasteiger partial charge in [0.2, 0.25) is 0 Å². The van der Waals surface area contributed by atoms with Crippen molar-refractivity contribution < 1.29 is 8.42 Å². The van der Waals surface area contributed by atoms with Crippen LogP contribution < -0.4 is 5.32 Å². The summed E-state index contributed by atoms with van der Waals surface area (Å²) in [6.07, 6.45) is 0. The van der Waals surface area contributed by atoms with Crippen molar-refractivity contribution in [2.24, 2.45) is 5.92 Å². The first-order valence-corrected chi connectivity index (χ1v) is 8.66. The van der Waals surface area contributed by atoms with E-state index in [-0.39, 0.29) is 11.8 Å². The number of nitrogens with one attached hydrogen (secondary N) is 1. The maximum atomic E-state index is 12.1. The second kappa shape index (κ2) is 7.09. The Labute approximate surface area is 123 Å². The number of nitrogens with zero attached hydrogens (tertiary/aromatic N) is 1. The minimum atomic E-state index is -3.20. The van der Waals surface area contributed by atoms with Gasteiger partial charge in [0.15, 0.2) is 9.84 Å². The molecule has 1 atom stereocenters. The van der Waals surface area contributed by atoms with Crippen molar-refractivity contribution in [3.8, 4) is 0 Å². The Balaban J connectivity index is 3.08. The Morgan fingerprint density at radius 3 is 2.30 bits per heavy atom. The molecule has 20 heavy (non-hydrogen) atoms. The quantitative estimate of drug-likeness (QED) is 0.840. The minimum absolute atomic E-state index is 0.117. The standard InChI is InChI=1S/C15H26N2O2S/c1-6-20(18,19)15-10-8-7-9-13(15)16-14(12(2)3)11-17(4)5/h7-10,12,14,16H,6,11H2,1-5H3. The summed E-state index contributed by atoms with van der Waals surface area (Å²) < 4.78 is 24.3. The largest absolute Gasteiger partial charge is 0.380 e. The number of sulfone groups is 1. The number of anilines is 1.